The van der Waals surface area contributed by atoms with Gasteiger partial charge >= 0.3 is 0 Å². The van der Waals surface area contributed by atoms with Crippen molar-refractivity contribution in [3.8, 4) is 0 Å². The first-order chi connectivity index (χ1) is 17.1. The zero-order valence-electron chi connectivity index (χ0n) is 20.5. The van der Waals surface area contributed by atoms with E-state index in [-0.39, 0.29) is 22.8 Å². The first kappa shape index (κ1) is 26.8. The molecule has 186 valence electrons. The smallest absolute Gasteiger partial charge is 0.254 e. The number of carbonyl (C=O) groups is 1. The Kier molecular flexibility index (Phi) is 8.77. The van der Waals surface area contributed by atoms with Crippen LogP contribution in [0.5, 0.6) is 0 Å². The second-order valence-corrected chi connectivity index (χ2v) is 9.97. The summed E-state index contributed by atoms with van der Waals surface area (Å²) in [5.41, 5.74) is 11.1. The summed E-state index contributed by atoms with van der Waals surface area (Å²) >= 11 is 0.886. The zero-order chi connectivity index (χ0) is 26.3. The van der Waals surface area contributed by atoms with Crippen LogP contribution in [-0.2, 0) is 11.2 Å². The fourth-order valence-corrected chi connectivity index (χ4v) is 4.21. The molecule has 36 heavy (non-hydrogen) atoms. The van der Waals surface area contributed by atoms with Gasteiger partial charge in [-0.15, -0.1) is 0 Å². The van der Waals surface area contributed by atoms with Gasteiger partial charge in [-0.3, -0.25) is 4.79 Å². The number of carbonyl (C=O) groups excluding carboxylic acids is 1. The van der Waals surface area contributed by atoms with Crippen molar-refractivity contribution >= 4 is 46.0 Å². The van der Waals surface area contributed by atoms with Gasteiger partial charge in [-0.25, -0.2) is 4.39 Å². The highest BCUT2D eigenvalue weighted by molar-refractivity contribution is 8.24. The minimum Gasteiger partial charge on any atom is -0.378 e. The molecule has 0 heterocycles. The molecule has 0 aliphatic heterocycles. The number of hydrogen-bond acceptors (Lipinski definition) is 5. The van der Waals surface area contributed by atoms with Crippen LogP contribution >= 0.6 is 11.8 Å². The molecule has 0 bridgehead atoms. The van der Waals surface area contributed by atoms with Gasteiger partial charge in [-0.05, 0) is 72.6 Å². The third-order valence-electron chi connectivity index (χ3n) is 6.13. The Balaban J connectivity index is 2.02. The zero-order valence-corrected chi connectivity index (χ0v) is 21.3. The number of nitrogens with one attached hydrogen (secondary N) is 3. The number of rotatable bonds is 9. The van der Waals surface area contributed by atoms with Crippen LogP contribution < -0.4 is 11.1 Å². The summed E-state index contributed by atoms with van der Waals surface area (Å²) in [5.74, 6) is -0.972. The SMILES string of the molecule is Cc1ccc(CC(c2ccc(Nc3ccc(F)cc3)c(C=N)c2)C(C)(C)C(=O)N=C(N)SC=N)cc1. The maximum atomic E-state index is 13.3. The second kappa shape index (κ2) is 11.8. The highest BCUT2D eigenvalue weighted by Gasteiger charge is 2.38. The molecule has 3 aromatic rings. The molecule has 1 amide bonds. The van der Waals surface area contributed by atoms with E-state index in [1.54, 1.807) is 12.1 Å². The summed E-state index contributed by atoms with van der Waals surface area (Å²) in [4.78, 5) is 17.3. The lowest BCUT2D eigenvalue weighted by atomic mass is 9.71. The second-order valence-electron chi connectivity index (χ2n) is 9.08. The van der Waals surface area contributed by atoms with Crippen LogP contribution in [0.25, 0.3) is 0 Å². The molecule has 1 atom stereocenters. The van der Waals surface area contributed by atoms with Gasteiger partial charge in [0.05, 0.1) is 11.0 Å². The van der Waals surface area contributed by atoms with Crippen molar-refractivity contribution < 1.29 is 9.18 Å². The van der Waals surface area contributed by atoms with Crippen molar-refractivity contribution in [1.29, 1.82) is 10.8 Å². The molecule has 0 saturated carbocycles. The summed E-state index contributed by atoms with van der Waals surface area (Å²) in [6, 6.07) is 19.9. The predicted octanol–water partition coefficient (Wildman–Crippen LogP) is 6.41. The molecule has 6 nitrogen and oxygen atoms in total. The molecule has 0 fully saturated rings. The van der Waals surface area contributed by atoms with E-state index >= 15 is 0 Å². The molecule has 0 radical (unpaired) electrons. The molecule has 3 rings (SSSR count). The predicted molar refractivity (Wildman–Crippen MR) is 148 cm³/mol. The van der Waals surface area contributed by atoms with Gasteiger partial charge < -0.3 is 21.9 Å². The van der Waals surface area contributed by atoms with Crippen molar-refractivity contribution in [1.82, 2.24) is 0 Å². The number of hydrogen-bond donors (Lipinski definition) is 4. The lowest BCUT2D eigenvalue weighted by Gasteiger charge is -2.32. The summed E-state index contributed by atoms with van der Waals surface area (Å²) < 4.78 is 13.3. The van der Waals surface area contributed by atoms with Gasteiger partial charge in [-0.2, -0.15) is 4.99 Å². The Morgan fingerprint density at radius 3 is 2.39 bits per heavy atom. The molecule has 0 aliphatic carbocycles. The Labute approximate surface area is 215 Å². The molecule has 1 unspecified atom stereocenters. The molecule has 3 aromatic carbocycles. The van der Waals surface area contributed by atoms with Gasteiger partial charge in [0.15, 0.2) is 5.17 Å². The number of anilines is 2. The molecule has 0 aliphatic rings. The first-order valence-corrected chi connectivity index (χ1v) is 12.3. The number of aryl methyl sites for hydroxylation is 1. The van der Waals surface area contributed by atoms with Crippen molar-refractivity contribution in [3.63, 3.8) is 0 Å². The van der Waals surface area contributed by atoms with Gasteiger partial charge in [0, 0.05) is 29.1 Å². The summed E-state index contributed by atoms with van der Waals surface area (Å²) in [7, 11) is 0. The fraction of sp³-hybridized carbons (Fsp3) is 0.214. The average molecular weight is 504 g/mol. The van der Waals surface area contributed by atoms with E-state index in [1.165, 1.54) is 18.3 Å². The Morgan fingerprint density at radius 1 is 1.11 bits per heavy atom. The first-order valence-electron chi connectivity index (χ1n) is 11.4. The minimum atomic E-state index is -0.927. The number of halogens is 1. The van der Waals surface area contributed by atoms with Crippen LogP contribution in [0.15, 0.2) is 71.7 Å². The van der Waals surface area contributed by atoms with Gasteiger partial charge in [0.1, 0.15) is 5.82 Å². The molecule has 0 aromatic heterocycles. The number of benzene rings is 3. The van der Waals surface area contributed by atoms with E-state index in [1.807, 2.05) is 63.2 Å². The molecule has 8 heteroatoms. The van der Waals surface area contributed by atoms with E-state index < -0.39 is 5.41 Å². The normalized spacial score (nSPS) is 12.6. The van der Waals surface area contributed by atoms with Crippen LogP contribution in [0, 0.1) is 29.0 Å². The van der Waals surface area contributed by atoms with Gasteiger partial charge in [0.25, 0.3) is 5.91 Å². The van der Waals surface area contributed by atoms with Crippen molar-refractivity contribution in [2.75, 3.05) is 5.32 Å². The fourth-order valence-electron chi connectivity index (χ4n) is 3.95. The number of nitrogens with two attached hydrogens (primary N) is 1. The molecule has 0 saturated heterocycles. The van der Waals surface area contributed by atoms with Crippen LogP contribution in [-0.4, -0.2) is 22.8 Å². The lowest BCUT2D eigenvalue weighted by molar-refractivity contribution is -0.126. The van der Waals surface area contributed by atoms with E-state index in [0.717, 1.165) is 34.0 Å². The Hall–Kier alpha value is -3.78. The van der Waals surface area contributed by atoms with Crippen LogP contribution in [0.4, 0.5) is 15.8 Å². The van der Waals surface area contributed by atoms with Gasteiger partial charge in [0.2, 0.25) is 0 Å². The Morgan fingerprint density at radius 2 is 1.78 bits per heavy atom. The molecule has 5 N–H and O–H groups in total. The summed E-state index contributed by atoms with van der Waals surface area (Å²) in [5, 5.41) is 18.4. The third kappa shape index (κ3) is 6.66. The topological polar surface area (TPSA) is 115 Å². The maximum absolute atomic E-state index is 13.3. The van der Waals surface area contributed by atoms with Crippen LogP contribution in [0.3, 0.4) is 0 Å². The number of amides is 1. The highest BCUT2D eigenvalue weighted by atomic mass is 32.2. The standard InChI is InChI=1S/C28H30FN5OS/c1-18-4-6-19(7-5-18)14-24(28(2,3)26(35)34-27(32)36-17-31)20-8-13-25(21(15-20)16-30)33-23-11-9-22(29)10-12-23/h4-13,15-17,24,30-31,33H,14H2,1-3H3,(H2,32,34,35). The van der Waals surface area contributed by atoms with Gasteiger partial charge in [-0.1, -0.05) is 49.7 Å². The average Bonchev–Trinajstić information content (AvgIpc) is 2.85. The highest BCUT2D eigenvalue weighted by Crippen LogP contribution is 2.41. The quantitative estimate of drug-likeness (QED) is 0.199. The monoisotopic (exact) mass is 503 g/mol. The molecular weight excluding hydrogens is 473 g/mol. The van der Waals surface area contributed by atoms with Crippen molar-refractivity contribution in [2.45, 2.75) is 33.1 Å². The van der Waals surface area contributed by atoms with E-state index in [2.05, 4.69) is 10.3 Å². The number of thioether (sulfide) groups is 1. The Bertz CT molecular complexity index is 1270. The van der Waals surface area contributed by atoms with E-state index in [0.29, 0.717) is 23.4 Å². The maximum Gasteiger partial charge on any atom is 0.254 e. The summed E-state index contributed by atoms with van der Waals surface area (Å²) in [6.45, 7) is 5.71. The largest absolute Gasteiger partial charge is 0.378 e. The van der Waals surface area contributed by atoms with Crippen molar-refractivity contribution in [2.24, 2.45) is 16.1 Å². The molecular formula is C28H30FN5OS. The van der Waals surface area contributed by atoms with E-state index in [4.69, 9.17) is 16.6 Å². The number of aliphatic imine (C=N–C) groups is 1. The summed E-state index contributed by atoms with van der Waals surface area (Å²) in [6.07, 6.45) is 1.83. The minimum absolute atomic E-state index is 0.0242. The third-order valence-corrected chi connectivity index (χ3v) is 6.58. The lowest BCUT2D eigenvalue weighted by Crippen LogP contribution is -2.33. The van der Waals surface area contributed by atoms with Crippen LogP contribution in [0.2, 0.25) is 0 Å². The number of nitrogens with zero attached hydrogens (tertiary/aromatic N) is 1. The van der Waals surface area contributed by atoms with Crippen LogP contribution in [0.1, 0.15) is 42.0 Å². The number of amidine groups is 1. The molecule has 0 spiro atoms. The van der Waals surface area contributed by atoms with E-state index in [9.17, 15) is 9.18 Å². The van der Waals surface area contributed by atoms with Crippen molar-refractivity contribution in [3.05, 3.63) is 94.8 Å².